The van der Waals surface area contributed by atoms with Gasteiger partial charge in [-0.05, 0) is 39.8 Å². The predicted octanol–water partition coefficient (Wildman–Crippen LogP) is 2.46. The lowest BCUT2D eigenvalue weighted by Crippen LogP contribution is -2.37. The largest absolute Gasteiger partial charge is 0.337 e. The molecule has 2 aromatic rings. The fourth-order valence-corrected chi connectivity index (χ4v) is 3.23. The second-order valence-corrected chi connectivity index (χ2v) is 7.64. The van der Waals surface area contributed by atoms with Crippen LogP contribution < -0.4 is 5.56 Å². The Morgan fingerprint density at radius 1 is 1.25 bits per heavy atom. The Morgan fingerprint density at radius 2 is 1.96 bits per heavy atom. The summed E-state index contributed by atoms with van der Waals surface area (Å²) in [5.41, 5.74) is 1.42. The molecule has 1 aromatic carbocycles. The first-order chi connectivity index (χ1) is 13.3. The van der Waals surface area contributed by atoms with E-state index < -0.39 is 0 Å². The van der Waals surface area contributed by atoms with Crippen molar-refractivity contribution in [3.05, 3.63) is 57.3 Å². The second kappa shape index (κ2) is 10.4. The van der Waals surface area contributed by atoms with Crippen molar-refractivity contribution in [2.45, 2.75) is 31.5 Å². The topological polar surface area (TPSA) is 69.3 Å². The molecule has 0 aliphatic rings. The van der Waals surface area contributed by atoms with Crippen molar-refractivity contribution in [3.63, 3.8) is 0 Å². The standard InChI is InChI=1S/C20H27FN4O2S/c1-14-16(19(27)23-20(22-14)28-4)9-10-18(26)25(12-11-24(2)3)13-15-7-5-6-8-17(15)21/h5-8H,9-13H2,1-4H3,(H,22,23,27). The van der Waals surface area contributed by atoms with Gasteiger partial charge in [-0.2, -0.15) is 0 Å². The average molecular weight is 407 g/mol. The van der Waals surface area contributed by atoms with Crippen molar-refractivity contribution in [1.29, 1.82) is 0 Å². The molecule has 152 valence electrons. The molecule has 1 aromatic heterocycles. The number of nitrogens with one attached hydrogen (secondary N) is 1. The molecule has 0 aliphatic heterocycles. The van der Waals surface area contributed by atoms with Crippen molar-refractivity contribution < 1.29 is 9.18 Å². The second-order valence-electron chi connectivity index (χ2n) is 6.85. The van der Waals surface area contributed by atoms with Crippen molar-refractivity contribution in [2.24, 2.45) is 0 Å². The van der Waals surface area contributed by atoms with E-state index in [0.717, 1.165) is 0 Å². The summed E-state index contributed by atoms with van der Waals surface area (Å²) in [6, 6.07) is 6.47. The minimum absolute atomic E-state index is 0.113. The monoisotopic (exact) mass is 406 g/mol. The van der Waals surface area contributed by atoms with E-state index in [-0.39, 0.29) is 30.2 Å². The van der Waals surface area contributed by atoms with Gasteiger partial charge in [-0.3, -0.25) is 9.59 Å². The number of thioether (sulfide) groups is 1. The number of benzene rings is 1. The fourth-order valence-electron chi connectivity index (χ4n) is 2.81. The van der Waals surface area contributed by atoms with E-state index in [0.29, 0.717) is 41.5 Å². The zero-order valence-corrected chi connectivity index (χ0v) is 17.6. The maximum absolute atomic E-state index is 14.0. The van der Waals surface area contributed by atoms with Gasteiger partial charge in [-0.15, -0.1) is 0 Å². The van der Waals surface area contributed by atoms with Gasteiger partial charge in [0.05, 0.1) is 0 Å². The Morgan fingerprint density at radius 3 is 2.57 bits per heavy atom. The van der Waals surface area contributed by atoms with Crippen LogP contribution in [0.15, 0.2) is 34.2 Å². The first kappa shape index (κ1) is 22.1. The number of amides is 1. The van der Waals surface area contributed by atoms with Crippen LogP contribution in [0.2, 0.25) is 0 Å². The lowest BCUT2D eigenvalue weighted by molar-refractivity contribution is -0.132. The number of nitrogens with zero attached hydrogens (tertiary/aromatic N) is 3. The molecule has 6 nitrogen and oxygen atoms in total. The van der Waals surface area contributed by atoms with Gasteiger partial charge >= 0.3 is 0 Å². The van der Waals surface area contributed by atoms with Crippen molar-refractivity contribution in [1.82, 2.24) is 19.8 Å². The average Bonchev–Trinajstić information content (AvgIpc) is 2.65. The Hall–Kier alpha value is -2.19. The zero-order valence-electron chi connectivity index (χ0n) is 16.8. The molecular weight excluding hydrogens is 379 g/mol. The third-order valence-corrected chi connectivity index (χ3v) is 5.05. The summed E-state index contributed by atoms with van der Waals surface area (Å²) in [6.45, 7) is 3.14. The van der Waals surface area contributed by atoms with E-state index in [4.69, 9.17) is 0 Å². The molecule has 0 bridgehead atoms. The third-order valence-electron chi connectivity index (χ3n) is 4.47. The summed E-state index contributed by atoms with van der Waals surface area (Å²) in [5.74, 6) is -0.438. The van der Waals surface area contributed by atoms with Gasteiger partial charge in [0, 0.05) is 42.9 Å². The fraction of sp³-hybridized carbons (Fsp3) is 0.450. The van der Waals surface area contributed by atoms with Gasteiger partial charge in [-0.25, -0.2) is 9.37 Å². The summed E-state index contributed by atoms with van der Waals surface area (Å²) < 4.78 is 14.0. The molecule has 2 rings (SSSR count). The predicted molar refractivity (Wildman–Crippen MR) is 110 cm³/mol. The summed E-state index contributed by atoms with van der Waals surface area (Å²) in [4.78, 5) is 35.8. The number of carbonyl (C=O) groups is 1. The summed E-state index contributed by atoms with van der Waals surface area (Å²) in [6.07, 6.45) is 2.32. The number of hydrogen-bond acceptors (Lipinski definition) is 5. The van der Waals surface area contributed by atoms with Crippen LogP contribution in [0.4, 0.5) is 4.39 Å². The van der Waals surface area contributed by atoms with Crippen LogP contribution in [0, 0.1) is 12.7 Å². The number of carbonyl (C=O) groups excluding carboxylic acids is 1. The number of halogens is 1. The highest BCUT2D eigenvalue weighted by molar-refractivity contribution is 7.98. The minimum Gasteiger partial charge on any atom is -0.337 e. The number of likely N-dealkylation sites (N-methyl/N-ethyl adjacent to an activating group) is 1. The highest BCUT2D eigenvalue weighted by Crippen LogP contribution is 2.13. The molecule has 0 atom stereocenters. The van der Waals surface area contributed by atoms with Crippen molar-refractivity contribution in [2.75, 3.05) is 33.4 Å². The van der Waals surface area contributed by atoms with E-state index in [1.54, 1.807) is 30.0 Å². The zero-order chi connectivity index (χ0) is 20.7. The molecule has 0 radical (unpaired) electrons. The van der Waals surface area contributed by atoms with Gasteiger partial charge in [0.1, 0.15) is 5.82 Å². The highest BCUT2D eigenvalue weighted by atomic mass is 32.2. The molecule has 0 saturated carbocycles. The van der Waals surface area contributed by atoms with Crippen molar-refractivity contribution in [3.8, 4) is 0 Å². The van der Waals surface area contributed by atoms with Crippen LogP contribution in [0.25, 0.3) is 0 Å². The van der Waals surface area contributed by atoms with Gasteiger partial charge in [-0.1, -0.05) is 30.0 Å². The van der Waals surface area contributed by atoms with E-state index in [2.05, 4.69) is 9.97 Å². The summed E-state index contributed by atoms with van der Waals surface area (Å²) in [7, 11) is 3.85. The smallest absolute Gasteiger partial charge is 0.254 e. The number of rotatable bonds is 9. The number of hydrogen-bond donors (Lipinski definition) is 1. The van der Waals surface area contributed by atoms with Crippen LogP contribution in [0.5, 0.6) is 0 Å². The van der Waals surface area contributed by atoms with Crippen LogP contribution >= 0.6 is 11.8 Å². The molecular formula is C20H27FN4O2S. The van der Waals surface area contributed by atoms with E-state index >= 15 is 0 Å². The Balaban J connectivity index is 2.12. The molecule has 8 heteroatoms. The number of aromatic nitrogens is 2. The van der Waals surface area contributed by atoms with Crippen LogP contribution in [0.3, 0.4) is 0 Å². The highest BCUT2D eigenvalue weighted by Gasteiger charge is 2.18. The third kappa shape index (κ3) is 6.17. The summed E-state index contributed by atoms with van der Waals surface area (Å²) >= 11 is 1.36. The molecule has 1 heterocycles. The van der Waals surface area contributed by atoms with E-state index in [1.165, 1.54) is 17.8 Å². The molecule has 0 saturated heterocycles. The SMILES string of the molecule is CSc1nc(C)c(CCC(=O)N(CCN(C)C)Cc2ccccc2F)c(=O)[nH]1. The maximum Gasteiger partial charge on any atom is 0.254 e. The lowest BCUT2D eigenvalue weighted by Gasteiger charge is -2.25. The van der Waals surface area contributed by atoms with Gasteiger partial charge < -0.3 is 14.8 Å². The van der Waals surface area contributed by atoms with Crippen molar-refractivity contribution >= 4 is 17.7 Å². The first-order valence-corrected chi connectivity index (χ1v) is 10.3. The van der Waals surface area contributed by atoms with Crippen LogP contribution in [-0.4, -0.2) is 59.1 Å². The summed E-state index contributed by atoms with van der Waals surface area (Å²) in [5, 5.41) is 0.560. The Labute approximate surface area is 169 Å². The van der Waals surface area contributed by atoms with Crippen LogP contribution in [-0.2, 0) is 17.8 Å². The molecule has 1 N–H and O–H groups in total. The van der Waals surface area contributed by atoms with E-state index in [9.17, 15) is 14.0 Å². The molecule has 0 unspecified atom stereocenters. The normalized spacial score (nSPS) is 11.1. The molecule has 0 fully saturated rings. The Kier molecular flexibility index (Phi) is 8.19. The molecule has 0 spiro atoms. The first-order valence-electron chi connectivity index (χ1n) is 9.11. The number of aryl methyl sites for hydroxylation is 1. The lowest BCUT2D eigenvalue weighted by atomic mass is 10.1. The molecule has 28 heavy (non-hydrogen) atoms. The maximum atomic E-state index is 14.0. The van der Waals surface area contributed by atoms with E-state index in [1.807, 2.05) is 25.3 Å². The van der Waals surface area contributed by atoms with Crippen LogP contribution in [0.1, 0.15) is 23.2 Å². The Bertz CT molecular complexity index is 870. The number of aromatic amines is 1. The quantitative estimate of drug-likeness (QED) is 0.512. The molecule has 0 aliphatic carbocycles. The van der Waals surface area contributed by atoms with Gasteiger partial charge in [0.25, 0.3) is 5.56 Å². The van der Waals surface area contributed by atoms with Gasteiger partial charge in [0.15, 0.2) is 5.16 Å². The minimum atomic E-state index is -0.325. The molecule has 1 amide bonds. The van der Waals surface area contributed by atoms with Gasteiger partial charge in [0.2, 0.25) is 5.91 Å². The number of H-pyrrole nitrogens is 1.